The van der Waals surface area contributed by atoms with Crippen LogP contribution in [0.1, 0.15) is 66.2 Å². The molecular formula is C26H43N5O9S. The topological polar surface area (TPSA) is 211 Å². The molecule has 0 bridgehead atoms. The van der Waals surface area contributed by atoms with Crippen LogP contribution in [0, 0.1) is 5.92 Å². The monoisotopic (exact) mass is 601 g/mol. The summed E-state index contributed by atoms with van der Waals surface area (Å²) < 4.78 is 0. The van der Waals surface area contributed by atoms with E-state index in [4.69, 9.17) is 5.11 Å². The van der Waals surface area contributed by atoms with Gasteiger partial charge in [0.15, 0.2) is 0 Å². The summed E-state index contributed by atoms with van der Waals surface area (Å²) in [7, 11) is 0. The molecule has 6 N–H and O–H groups in total. The number of aliphatic carboxylic acids is 2. The molecule has 1 heterocycles. The molecule has 1 aliphatic rings. The van der Waals surface area contributed by atoms with Crippen molar-refractivity contribution < 1.29 is 43.8 Å². The van der Waals surface area contributed by atoms with Gasteiger partial charge in [-0.2, -0.15) is 11.8 Å². The molecule has 14 nitrogen and oxygen atoms in total. The molecule has 15 heteroatoms. The van der Waals surface area contributed by atoms with Crippen LogP contribution in [0.5, 0.6) is 0 Å². The van der Waals surface area contributed by atoms with E-state index in [0.717, 1.165) is 0 Å². The molecule has 41 heavy (non-hydrogen) atoms. The maximum atomic E-state index is 13.6. The minimum atomic E-state index is -1.17. The number of carboxylic acid groups (broad SMARTS) is 2. The van der Waals surface area contributed by atoms with Gasteiger partial charge in [-0.05, 0) is 50.5 Å². The van der Waals surface area contributed by atoms with Crippen molar-refractivity contribution in [1.29, 1.82) is 0 Å². The van der Waals surface area contributed by atoms with Crippen molar-refractivity contribution in [2.45, 2.75) is 96.4 Å². The third-order valence-corrected chi connectivity index (χ3v) is 7.58. The highest BCUT2D eigenvalue weighted by Crippen LogP contribution is 2.22. The molecule has 0 aromatic heterocycles. The largest absolute Gasteiger partial charge is 0.481 e. The Morgan fingerprint density at radius 1 is 0.927 bits per heavy atom. The first-order chi connectivity index (χ1) is 19.2. The number of likely N-dealkylation sites (tertiary alicyclic amines) is 1. The van der Waals surface area contributed by atoms with E-state index >= 15 is 0 Å². The van der Waals surface area contributed by atoms with Gasteiger partial charge in [0, 0.05) is 19.9 Å². The summed E-state index contributed by atoms with van der Waals surface area (Å²) in [5, 5.41) is 28.4. The highest BCUT2D eigenvalue weighted by atomic mass is 32.2. The van der Waals surface area contributed by atoms with Crippen molar-refractivity contribution >= 4 is 53.2 Å². The average molecular weight is 602 g/mol. The van der Waals surface area contributed by atoms with E-state index in [1.54, 1.807) is 6.92 Å². The van der Waals surface area contributed by atoms with E-state index < -0.39 is 71.7 Å². The lowest BCUT2D eigenvalue weighted by Crippen LogP contribution is -2.59. The van der Waals surface area contributed by atoms with Gasteiger partial charge in [-0.15, -0.1) is 0 Å². The van der Waals surface area contributed by atoms with Crippen LogP contribution in [0.15, 0.2) is 0 Å². The fourth-order valence-corrected chi connectivity index (χ4v) is 4.84. The predicted octanol–water partition coefficient (Wildman–Crippen LogP) is -0.295. The molecule has 1 aliphatic heterocycles. The molecule has 232 valence electrons. The standard InChI is InChI=1S/C26H43N5O9S/c1-6-14(2)21(30-22(35)15(3)27-23(36)17(28-16(4)32)9-10-20(33)34)25(38)31-12-7-8-19(31)24(37)29-18(26(39)40)11-13-41-5/h14-15,17-19,21H,6-13H2,1-5H3,(H,27,36)(H,28,32)(H,29,37)(H,30,35)(H,33,34)(H,39,40)/t14-,15-,17-,18+,19+,21-/m0/s1. The first kappa shape index (κ1) is 35.7. The second-order valence-corrected chi connectivity index (χ2v) is 11.1. The first-order valence-electron chi connectivity index (χ1n) is 13.7. The molecule has 0 spiro atoms. The van der Waals surface area contributed by atoms with Crippen molar-refractivity contribution in [1.82, 2.24) is 26.2 Å². The smallest absolute Gasteiger partial charge is 0.326 e. The second kappa shape index (κ2) is 17.5. The van der Waals surface area contributed by atoms with Gasteiger partial charge in [-0.1, -0.05) is 20.3 Å². The number of amides is 5. The van der Waals surface area contributed by atoms with Gasteiger partial charge in [-0.3, -0.25) is 28.8 Å². The van der Waals surface area contributed by atoms with E-state index in [2.05, 4.69) is 21.3 Å². The number of rotatable bonds is 17. The minimum Gasteiger partial charge on any atom is -0.481 e. The Balaban J connectivity index is 2.98. The third-order valence-electron chi connectivity index (χ3n) is 6.93. The number of hydrogen-bond acceptors (Lipinski definition) is 8. The molecule has 0 unspecified atom stereocenters. The highest BCUT2D eigenvalue weighted by Gasteiger charge is 2.40. The Morgan fingerprint density at radius 3 is 2.12 bits per heavy atom. The van der Waals surface area contributed by atoms with E-state index in [9.17, 15) is 38.7 Å². The summed E-state index contributed by atoms with van der Waals surface area (Å²) in [6.45, 7) is 6.42. The Kier molecular flexibility index (Phi) is 15.2. The Morgan fingerprint density at radius 2 is 1.59 bits per heavy atom. The highest BCUT2D eigenvalue weighted by molar-refractivity contribution is 7.98. The van der Waals surface area contributed by atoms with Gasteiger partial charge in [0.25, 0.3) is 0 Å². The summed E-state index contributed by atoms with van der Waals surface area (Å²) in [6, 6.07) is -5.29. The van der Waals surface area contributed by atoms with Crippen LogP contribution in [0.2, 0.25) is 0 Å². The minimum absolute atomic E-state index is 0.179. The maximum Gasteiger partial charge on any atom is 0.326 e. The molecular weight excluding hydrogens is 558 g/mol. The van der Waals surface area contributed by atoms with Crippen molar-refractivity contribution in [2.24, 2.45) is 5.92 Å². The molecule has 1 saturated heterocycles. The molecule has 1 fully saturated rings. The number of carbonyl (C=O) groups excluding carboxylic acids is 5. The number of carbonyl (C=O) groups is 7. The van der Waals surface area contributed by atoms with Crippen LogP contribution in [-0.2, 0) is 33.6 Å². The van der Waals surface area contributed by atoms with Gasteiger partial charge in [0.05, 0.1) is 0 Å². The van der Waals surface area contributed by atoms with Crippen molar-refractivity contribution in [3.63, 3.8) is 0 Å². The van der Waals surface area contributed by atoms with Crippen LogP contribution in [-0.4, -0.2) is 105 Å². The van der Waals surface area contributed by atoms with Gasteiger partial charge >= 0.3 is 11.9 Å². The zero-order valence-electron chi connectivity index (χ0n) is 24.2. The molecule has 0 aliphatic carbocycles. The zero-order chi connectivity index (χ0) is 31.3. The summed E-state index contributed by atoms with van der Waals surface area (Å²) in [5.41, 5.74) is 0. The lowest BCUT2D eigenvalue weighted by molar-refractivity contribution is -0.145. The Hall–Kier alpha value is -3.36. The van der Waals surface area contributed by atoms with Crippen LogP contribution < -0.4 is 21.3 Å². The van der Waals surface area contributed by atoms with Crippen molar-refractivity contribution in [2.75, 3.05) is 18.6 Å². The van der Waals surface area contributed by atoms with E-state index in [1.807, 2.05) is 13.2 Å². The van der Waals surface area contributed by atoms with Gasteiger partial charge in [0.2, 0.25) is 29.5 Å². The van der Waals surface area contributed by atoms with Crippen LogP contribution >= 0.6 is 11.8 Å². The summed E-state index contributed by atoms with van der Waals surface area (Å²) in [5.74, 6) is -5.14. The van der Waals surface area contributed by atoms with Gasteiger partial charge < -0.3 is 36.4 Å². The fraction of sp³-hybridized carbons (Fsp3) is 0.731. The maximum absolute atomic E-state index is 13.6. The summed E-state index contributed by atoms with van der Waals surface area (Å²) in [4.78, 5) is 87.7. The number of thioether (sulfide) groups is 1. The first-order valence-corrected chi connectivity index (χ1v) is 15.0. The van der Waals surface area contributed by atoms with Gasteiger partial charge in [-0.25, -0.2) is 4.79 Å². The van der Waals surface area contributed by atoms with E-state index in [0.29, 0.717) is 25.0 Å². The molecule has 1 rings (SSSR count). The molecule has 5 amide bonds. The number of nitrogens with one attached hydrogen (secondary N) is 4. The normalized spacial score (nSPS) is 18.3. The molecule has 0 saturated carbocycles. The van der Waals surface area contributed by atoms with Crippen molar-refractivity contribution in [3.05, 3.63) is 0 Å². The molecule has 0 radical (unpaired) electrons. The van der Waals surface area contributed by atoms with Crippen LogP contribution in [0.3, 0.4) is 0 Å². The molecule has 0 aromatic carbocycles. The SMILES string of the molecule is CC[C@H](C)[C@H](NC(=O)[C@H](C)NC(=O)[C@H](CCC(=O)O)NC(C)=O)C(=O)N1CCC[C@@H]1C(=O)N[C@H](CCSC)C(=O)O. The van der Waals surface area contributed by atoms with E-state index in [1.165, 1.54) is 30.5 Å². The summed E-state index contributed by atoms with van der Waals surface area (Å²) in [6.07, 6.45) is 2.89. The van der Waals surface area contributed by atoms with E-state index in [-0.39, 0.29) is 31.7 Å². The van der Waals surface area contributed by atoms with Gasteiger partial charge in [0.1, 0.15) is 30.2 Å². The third kappa shape index (κ3) is 11.6. The Labute approximate surface area is 244 Å². The number of nitrogens with zero attached hydrogens (tertiary/aromatic N) is 1. The zero-order valence-corrected chi connectivity index (χ0v) is 25.0. The lowest BCUT2D eigenvalue weighted by Gasteiger charge is -2.32. The number of carboxylic acids is 2. The average Bonchev–Trinajstić information content (AvgIpc) is 3.40. The lowest BCUT2D eigenvalue weighted by atomic mass is 9.97. The quantitative estimate of drug-likeness (QED) is 0.128. The molecule has 6 atom stereocenters. The van der Waals surface area contributed by atoms with Crippen LogP contribution in [0.25, 0.3) is 0 Å². The predicted molar refractivity (Wildman–Crippen MR) is 151 cm³/mol. The number of hydrogen-bond donors (Lipinski definition) is 6. The van der Waals surface area contributed by atoms with Crippen LogP contribution in [0.4, 0.5) is 0 Å². The summed E-state index contributed by atoms with van der Waals surface area (Å²) >= 11 is 1.45. The van der Waals surface area contributed by atoms with Crippen molar-refractivity contribution in [3.8, 4) is 0 Å². The second-order valence-electron chi connectivity index (χ2n) is 10.2. The molecule has 0 aromatic rings. The fourth-order valence-electron chi connectivity index (χ4n) is 4.37. The Bertz CT molecular complexity index is 979.